The highest BCUT2D eigenvalue weighted by Gasteiger charge is 2.36. The van der Waals surface area contributed by atoms with Gasteiger partial charge in [-0.05, 0) is 46.9 Å². The maximum absolute atomic E-state index is 12.8. The summed E-state index contributed by atoms with van der Waals surface area (Å²) in [5, 5.41) is 12.0. The molecule has 5 rings (SSSR count). The standard InChI is InChI=1S/C27H30N2O6/c30-25(29-11-12-34-24(15-29)26(31)32)13-18(17-9-10-17)14-28-27(33)35-16-23-21-7-3-1-5-19(21)20-6-2-4-8-22(20)23/h1-8,17-18,23-24H,9-16H2,(H,28,33)(H,31,32). The van der Waals surface area contributed by atoms with Crippen molar-refractivity contribution in [1.29, 1.82) is 0 Å². The molecule has 1 heterocycles. The van der Waals surface area contributed by atoms with Crippen molar-refractivity contribution in [3.05, 3.63) is 59.7 Å². The fourth-order valence-corrected chi connectivity index (χ4v) is 5.22. The number of aliphatic carboxylic acids is 1. The number of hydrogen-bond acceptors (Lipinski definition) is 5. The lowest BCUT2D eigenvalue weighted by Gasteiger charge is -2.32. The summed E-state index contributed by atoms with van der Waals surface area (Å²) in [7, 11) is 0. The molecule has 1 aliphatic heterocycles. The Labute approximate surface area is 204 Å². The first-order chi connectivity index (χ1) is 17.0. The lowest BCUT2D eigenvalue weighted by Crippen LogP contribution is -2.49. The second-order valence-corrected chi connectivity index (χ2v) is 9.55. The van der Waals surface area contributed by atoms with Crippen LogP contribution in [0.5, 0.6) is 0 Å². The predicted octanol–water partition coefficient (Wildman–Crippen LogP) is 3.25. The van der Waals surface area contributed by atoms with Gasteiger partial charge in [0.05, 0.1) is 13.2 Å². The van der Waals surface area contributed by atoms with Crippen LogP contribution in [0, 0.1) is 11.8 Å². The highest BCUT2D eigenvalue weighted by atomic mass is 16.5. The highest BCUT2D eigenvalue weighted by Crippen LogP contribution is 2.44. The molecular weight excluding hydrogens is 448 g/mol. The number of carboxylic acids is 1. The number of amides is 2. The van der Waals surface area contributed by atoms with E-state index in [1.807, 2.05) is 24.3 Å². The molecule has 2 N–H and O–H groups in total. The average Bonchev–Trinajstić information content (AvgIpc) is 3.68. The smallest absolute Gasteiger partial charge is 0.407 e. The van der Waals surface area contributed by atoms with E-state index in [0.717, 1.165) is 24.0 Å². The third-order valence-corrected chi connectivity index (χ3v) is 7.27. The van der Waals surface area contributed by atoms with Gasteiger partial charge in [-0.3, -0.25) is 4.79 Å². The lowest BCUT2D eigenvalue weighted by atomic mass is 9.98. The summed E-state index contributed by atoms with van der Waals surface area (Å²) in [6, 6.07) is 16.4. The zero-order chi connectivity index (χ0) is 24.4. The van der Waals surface area contributed by atoms with E-state index in [0.29, 0.717) is 19.0 Å². The van der Waals surface area contributed by atoms with E-state index < -0.39 is 18.2 Å². The summed E-state index contributed by atoms with van der Waals surface area (Å²) in [5.74, 6) is -0.750. The Balaban J connectivity index is 1.14. The molecule has 0 aromatic heterocycles. The molecule has 0 bridgehead atoms. The summed E-state index contributed by atoms with van der Waals surface area (Å²) in [4.78, 5) is 38.2. The summed E-state index contributed by atoms with van der Waals surface area (Å²) >= 11 is 0. The number of nitrogens with one attached hydrogen (secondary N) is 1. The van der Waals surface area contributed by atoms with Gasteiger partial charge < -0.3 is 24.8 Å². The van der Waals surface area contributed by atoms with Crippen molar-refractivity contribution in [2.24, 2.45) is 11.8 Å². The predicted molar refractivity (Wildman–Crippen MR) is 128 cm³/mol. The van der Waals surface area contributed by atoms with Crippen LogP contribution in [0.2, 0.25) is 0 Å². The van der Waals surface area contributed by atoms with Gasteiger partial charge in [-0.15, -0.1) is 0 Å². The van der Waals surface area contributed by atoms with Crippen molar-refractivity contribution < 1.29 is 29.0 Å². The second-order valence-electron chi connectivity index (χ2n) is 9.55. The van der Waals surface area contributed by atoms with Gasteiger partial charge in [0.15, 0.2) is 6.10 Å². The number of carboxylic acid groups (broad SMARTS) is 1. The van der Waals surface area contributed by atoms with E-state index in [1.54, 1.807) is 4.90 Å². The minimum Gasteiger partial charge on any atom is -0.479 e. The monoisotopic (exact) mass is 478 g/mol. The van der Waals surface area contributed by atoms with E-state index in [4.69, 9.17) is 9.47 Å². The Hall–Kier alpha value is -3.39. The van der Waals surface area contributed by atoms with Crippen LogP contribution in [0.15, 0.2) is 48.5 Å². The zero-order valence-electron chi connectivity index (χ0n) is 19.5. The maximum atomic E-state index is 12.8. The van der Waals surface area contributed by atoms with Crippen LogP contribution < -0.4 is 5.32 Å². The fourth-order valence-electron chi connectivity index (χ4n) is 5.22. The number of carbonyl (C=O) groups excluding carboxylic acids is 2. The Morgan fingerprint density at radius 2 is 1.71 bits per heavy atom. The Morgan fingerprint density at radius 1 is 1.06 bits per heavy atom. The van der Waals surface area contributed by atoms with Gasteiger partial charge in [-0.2, -0.15) is 0 Å². The lowest BCUT2D eigenvalue weighted by molar-refractivity contribution is -0.159. The van der Waals surface area contributed by atoms with Crippen LogP contribution in [0.4, 0.5) is 4.79 Å². The van der Waals surface area contributed by atoms with Crippen LogP contribution in [-0.4, -0.2) is 66.9 Å². The molecule has 3 aliphatic rings. The first-order valence-corrected chi connectivity index (χ1v) is 12.2. The van der Waals surface area contributed by atoms with Gasteiger partial charge in [-0.25, -0.2) is 9.59 Å². The third kappa shape index (κ3) is 5.17. The van der Waals surface area contributed by atoms with Gasteiger partial charge in [0.25, 0.3) is 0 Å². The molecule has 1 saturated carbocycles. The number of carbonyl (C=O) groups is 3. The van der Waals surface area contributed by atoms with Crippen LogP contribution in [0.25, 0.3) is 11.1 Å². The number of alkyl carbamates (subject to hydrolysis) is 1. The first-order valence-electron chi connectivity index (χ1n) is 12.2. The molecule has 8 heteroatoms. The number of fused-ring (bicyclic) bond motifs is 3. The molecule has 8 nitrogen and oxygen atoms in total. The quantitative estimate of drug-likeness (QED) is 0.604. The molecule has 2 aromatic rings. The molecule has 0 spiro atoms. The normalized spacial score (nSPS) is 20.0. The van der Waals surface area contributed by atoms with Crippen LogP contribution in [0.3, 0.4) is 0 Å². The Morgan fingerprint density at radius 3 is 2.34 bits per heavy atom. The van der Waals surface area contributed by atoms with Gasteiger partial charge >= 0.3 is 12.1 Å². The minimum atomic E-state index is -1.06. The Kier molecular flexibility index (Phi) is 6.72. The molecule has 0 radical (unpaired) electrons. The summed E-state index contributed by atoms with van der Waals surface area (Å²) in [6.07, 6.45) is 0.880. The molecule has 1 saturated heterocycles. The van der Waals surface area contributed by atoms with Crippen molar-refractivity contribution in [2.45, 2.75) is 31.3 Å². The SMILES string of the molecule is O=C(NCC(CC(=O)N1CCOC(C(=O)O)C1)C1CC1)OCC1c2ccccc2-c2ccccc21. The van der Waals surface area contributed by atoms with E-state index in [1.165, 1.54) is 11.1 Å². The average molecular weight is 479 g/mol. The van der Waals surface area contributed by atoms with E-state index >= 15 is 0 Å². The number of benzene rings is 2. The summed E-state index contributed by atoms with van der Waals surface area (Å²) in [5.41, 5.74) is 4.68. The van der Waals surface area contributed by atoms with Gasteiger partial charge in [0.2, 0.25) is 5.91 Å². The van der Waals surface area contributed by atoms with Crippen molar-refractivity contribution in [3.63, 3.8) is 0 Å². The molecular formula is C27H30N2O6. The zero-order valence-corrected chi connectivity index (χ0v) is 19.5. The molecule has 2 fully saturated rings. The number of rotatable bonds is 8. The van der Waals surface area contributed by atoms with Crippen molar-refractivity contribution in [1.82, 2.24) is 10.2 Å². The third-order valence-electron chi connectivity index (χ3n) is 7.27. The second kappa shape index (κ2) is 10.1. The summed E-state index contributed by atoms with van der Waals surface area (Å²) in [6.45, 7) is 1.27. The fraction of sp³-hybridized carbons (Fsp3) is 0.444. The molecule has 2 unspecified atom stereocenters. The van der Waals surface area contributed by atoms with Crippen molar-refractivity contribution in [2.75, 3.05) is 32.8 Å². The largest absolute Gasteiger partial charge is 0.479 e. The molecule has 2 atom stereocenters. The number of ether oxygens (including phenoxy) is 2. The summed E-state index contributed by atoms with van der Waals surface area (Å²) < 4.78 is 10.8. The molecule has 35 heavy (non-hydrogen) atoms. The molecule has 2 aliphatic carbocycles. The first kappa shape index (κ1) is 23.4. The molecule has 2 amide bonds. The topological polar surface area (TPSA) is 105 Å². The van der Waals surface area contributed by atoms with Gasteiger partial charge in [0.1, 0.15) is 6.61 Å². The van der Waals surface area contributed by atoms with Crippen LogP contribution >= 0.6 is 0 Å². The van der Waals surface area contributed by atoms with Crippen LogP contribution in [0.1, 0.15) is 36.3 Å². The Bertz CT molecular complexity index is 1070. The minimum absolute atomic E-state index is 0.00235. The maximum Gasteiger partial charge on any atom is 0.407 e. The molecule has 184 valence electrons. The van der Waals surface area contributed by atoms with E-state index in [2.05, 4.69) is 29.6 Å². The van der Waals surface area contributed by atoms with E-state index in [9.17, 15) is 19.5 Å². The number of morpholine rings is 1. The number of hydrogen-bond donors (Lipinski definition) is 2. The van der Waals surface area contributed by atoms with Crippen LogP contribution in [-0.2, 0) is 19.1 Å². The van der Waals surface area contributed by atoms with Gasteiger partial charge in [0, 0.05) is 25.4 Å². The highest BCUT2D eigenvalue weighted by molar-refractivity contribution is 5.80. The van der Waals surface area contributed by atoms with Gasteiger partial charge in [-0.1, -0.05) is 48.5 Å². The van der Waals surface area contributed by atoms with Crippen molar-refractivity contribution >= 4 is 18.0 Å². The number of nitrogens with zero attached hydrogens (tertiary/aromatic N) is 1. The molecule has 2 aromatic carbocycles. The van der Waals surface area contributed by atoms with Crippen molar-refractivity contribution in [3.8, 4) is 11.1 Å². The van der Waals surface area contributed by atoms with E-state index in [-0.39, 0.29) is 43.9 Å².